The quantitative estimate of drug-likeness (QED) is 0.0389. The van der Waals surface area contributed by atoms with Gasteiger partial charge >= 0.3 is 0 Å². The minimum Gasteiger partial charge on any atom is -0.306 e. The van der Waals surface area contributed by atoms with Gasteiger partial charge in [-0.2, -0.15) is 12.6 Å². The third-order valence-electron chi connectivity index (χ3n) is 28.0. The van der Waals surface area contributed by atoms with Crippen LogP contribution in [0, 0.1) is 29.6 Å². The van der Waals surface area contributed by atoms with Gasteiger partial charge in [-0.05, 0) is 145 Å². The third-order valence-corrected chi connectivity index (χ3v) is 32.8. The van der Waals surface area contributed by atoms with Crippen molar-refractivity contribution in [2.75, 3.05) is 97.0 Å². The second-order valence-corrected chi connectivity index (χ2v) is 45.5. The standard InChI is InChI=1S/C54H110N2S2.C31H63NS.C26H48N2S2/c1-6-9-12-15-18-19-20-21-22-23-24-25-26-28-34-39-45-55(4)47-49-57-58-50-48-56(5)46-44-52(40-35-30-27-16-13-10-7-2)41-36-31-29-33-38-43-54-51-53(54)42-37-32-17-14-11-8-3;1-4-6-8-10-12-16-20-24-31(32(3)26-27-33)25-21-17-13-15-19-23-30-28-29(30)22-18-14-11-9-7-5-2;1-3-4-5-6-7-8-9-10-11-12-13-14-15-16-17-20-23-28(2)24-25-29-30-26-21-18-19-22-27-26/h52-54H,6-51H2,1-5H3;29-31,33H,4-28H2,1-3H3;18-19,21-22H,3-17,20,23-25H2,1-2H3. The van der Waals surface area contributed by atoms with E-state index in [0.717, 1.165) is 58.7 Å². The van der Waals surface area contributed by atoms with Crippen molar-refractivity contribution < 1.29 is 0 Å². The highest BCUT2D eigenvalue weighted by molar-refractivity contribution is 8.77. The van der Waals surface area contributed by atoms with E-state index in [-0.39, 0.29) is 0 Å². The lowest BCUT2D eigenvalue weighted by molar-refractivity contribution is 0.221. The third kappa shape index (κ3) is 88.4. The second kappa shape index (κ2) is 98.2. The van der Waals surface area contributed by atoms with E-state index >= 15 is 0 Å². The average molecular weight is 1790 g/mol. The largest absolute Gasteiger partial charge is 0.306 e. The SMILES string of the molecule is CCCCCCCCCC(CCCCCCCC1CC1CCCCCCCC)N(C)CCS.CCCCCCCCCCCCCCCCCCN(C)CCSSCCN(C)CCC(CCCCCCCCC)CCCCCCCC1CC1CCCCCCCC.CCCCCCCCCCCCCCCCCCN(C)CCSSc1ccccn1. The summed E-state index contributed by atoms with van der Waals surface area (Å²) in [4.78, 5) is 14.7. The van der Waals surface area contributed by atoms with Crippen molar-refractivity contribution in [1.29, 1.82) is 0 Å². The van der Waals surface area contributed by atoms with Gasteiger partial charge in [0, 0.05) is 61.4 Å². The van der Waals surface area contributed by atoms with Gasteiger partial charge in [0.05, 0.1) is 0 Å². The Bertz CT molecular complexity index is 2070. The van der Waals surface area contributed by atoms with Crippen LogP contribution in [0.3, 0.4) is 0 Å². The topological polar surface area (TPSA) is 25.9 Å². The van der Waals surface area contributed by atoms with Crippen LogP contribution in [0.15, 0.2) is 29.4 Å². The van der Waals surface area contributed by atoms with Crippen molar-refractivity contribution in [2.24, 2.45) is 29.6 Å². The van der Waals surface area contributed by atoms with Crippen LogP contribution < -0.4 is 0 Å². The summed E-state index contributed by atoms with van der Waals surface area (Å²) >= 11 is 4.48. The highest BCUT2D eigenvalue weighted by Gasteiger charge is 2.36. The number of aromatic nitrogens is 1. The van der Waals surface area contributed by atoms with Gasteiger partial charge in [-0.25, -0.2) is 4.98 Å². The molecule has 720 valence electrons. The number of hydrogen-bond donors (Lipinski definition) is 1. The summed E-state index contributed by atoms with van der Waals surface area (Å²) in [7, 11) is 17.3. The van der Waals surface area contributed by atoms with E-state index < -0.39 is 0 Å². The molecule has 6 unspecified atom stereocenters. The number of thiol groups is 1. The Labute approximate surface area is 785 Å². The monoisotopic (exact) mass is 1780 g/mol. The Morgan fingerprint density at radius 3 is 0.818 bits per heavy atom. The molecule has 0 aliphatic heterocycles. The van der Waals surface area contributed by atoms with Crippen molar-refractivity contribution >= 4 is 55.8 Å². The Balaban J connectivity index is 0.000000983. The van der Waals surface area contributed by atoms with Gasteiger partial charge in [0.1, 0.15) is 5.03 Å². The number of pyridine rings is 1. The molecule has 0 saturated heterocycles. The van der Waals surface area contributed by atoms with Gasteiger partial charge in [0.15, 0.2) is 0 Å². The molecule has 0 bridgehead atoms. The normalized spacial score (nSPS) is 15.6. The summed E-state index contributed by atoms with van der Waals surface area (Å²) in [6.07, 6.45) is 117. The summed E-state index contributed by atoms with van der Waals surface area (Å²) in [5.74, 6) is 10.1. The molecule has 2 aliphatic rings. The fourth-order valence-corrected chi connectivity index (χ4v) is 23.4. The molecule has 0 aromatic carbocycles. The summed E-state index contributed by atoms with van der Waals surface area (Å²) in [6.45, 7) is 22.5. The molecule has 1 aromatic heterocycles. The number of hydrogen-bond acceptors (Lipinski definition) is 10. The molecule has 121 heavy (non-hydrogen) atoms. The van der Waals surface area contributed by atoms with Crippen molar-refractivity contribution in [3.05, 3.63) is 24.4 Å². The van der Waals surface area contributed by atoms with Crippen LogP contribution in [0.5, 0.6) is 0 Å². The molecule has 1 aromatic rings. The van der Waals surface area contributed by atoms with Crippen LogP contribution >= 0.6 is 55.8 Å². The summed E-state index contributed by atoms with van der Waals surface area (Å²) < 4.78 is 0. The van der Waals surface area contributed by atoms with Crippen LogP contribution in [0.4, 0.5) is 0 Å². The van der Waals surface area contributed by atoms with Gasteiger partial charge in [0.2, 0.25) is 0 Å². The smallest absolute Gasteiger partial charge is 0.106 e. The van der Waals surface area contributed by atoms with Crippen molar-refractivity contribution in [3.8, 4) is 0 Å². The van der Waals surface area contributed by atoms with Crippen LogP contribution in [0.1, 0.15) is 549 Å². The van der Waals surface area contributed by atoms with Crippen LogP contribution in [-0.4, -0.2) is 128 Å². The number of rotatable bonds is 98. The predicted molar refractivity (Wildman–Crippen MR) is 566 cm³/mol. The van der Waals surface area contributed by atoms with E-state index in [2.05, 4.69) is 141 Å². The first-order valence-corrected chi connectivity index (χ1v) is 60.9. The summed E-state index contributed by atoms with van der Waals surface area (Å²) in [5, 5.41) is 1.11. The van der Waals surface area contributed by atoms with E-state index in [4.69, 9.17) is 0 Å². The maximum Gasteiger partial charge on any atom is 0.106 e. The fraction of sp³-hybridized carbons (Fsp3) is 0.955. The molecule has 6 atom stereocenters. The highest BCUT2D eigenvalue weighted by Crippen LogP contribution is 2.47. The molecule has 0 amide bonds. The molecule has 5 nitrogen and oxygen atoms in total. The van der Waals surface area contributed by atoms with E-state index in [0.29, 0.717) is 0 Å². The predicted octanol–water partition coefficient (Wildman–Crippen LogP) is 38.2. The maximum absolute atomic E-state index is 4.48. The summed E-state index contributed by atoms with van der Waals surface area (Å²) in [5.41, 5.74) is 0. The number of unbranched alkanes of at least 4 members (excludes halogenated alkanes) is 60. The molecule has 0 radical (unpaired) electrons. The van der Waals surface area contributed by atoms with E-state index in [9.17, 15) is 0 Å². The Morgan fingerprint density at radius 1 is 0.281 bits per heavy atom. The zero-order valence-corrected chi connectivity index (χ0v) is 88.4. The van der Waals surface area contributed by atoms with Crippen molar-refractivity contribution in [3.63, 3.8) is 0 Å². The molecule has 3 rings (SSSR count). The van der Waals surface area contributed by atoms with E-state index in [1.54, 1.807) is 36.5 Å². The molecule has 10 heteroatoms. The molecule has 0 spiro atoms. The van der Waals surface area contributed by atoms with E-state index in [1.807, 2.05) is 23.1 Å². The summed E-state index contributed by atoms with van der Waals surface area (Å²) in [6, 6.07) is 6.90. The second-order valence-electron chi connectivity index (χ2n) is 39.9. The van der Waals surface area contributed by atoms with E-state index in [1.165, 1.54) is 532 Å². The minimum absolute atomic E-state index is 0.794. The Kier molecular flexibility index (Phi) is 97.2. The highest BCUT2D eigenvalue weighted by atomic mass is 33.1. The lowest BCUT2D eigenvalue weighted by Gasteiger charge is -2.28. The molecule has 1 heterocycles. The van der Waals surface area contributed by atoms with Gasteiger partial charge in [-0.3, -0.25) is 0 Å². The van der Waals surface area contributed by atoms with Gasteiger partial charge in [-0.1, -0.05) is 542 Å². The number of nitrogens with zero attached hydrogens (tertiary/aromatic N) is 5. The first-order chi connectivity index (χ1) is 59.6. The van der Waals surface area contributed by atoms with Crippen LogP contribution in [0.2, 0.25) is 0 Å². The Morgan fingerprint density at radius 2 is 0.537 bits per heavy atom. The van der Waals surface area contributed by atoms with Gasteiger partial charge < -0.3 is 19.6 Å². The molecular formula is C111H221N5S5. The van der Waals surface area contributed by atoms with Crippen LogP contribution in [-0.2, 0) is 0 Å². The molecule has 2 aliphatic carbocycles. The van der Waals surface area contributed by atoms with Crippen molar-refractivity contribution in [2.45, 2.75) is 560 Å². The maximum atomic E-state index is 4.48. The first-order valence-electron chi connectivity index (χ1n) is 55.5. The minimum atomic E-state index is 0.794. The molecule has 2 saturated carbocycles. The molecule has 2 fully saturated rings. The zero-order valence-electron chi connectivity index (χ0n) is 84.2. The molecular weight excluding hydrogens is 1560 g/mol. The first kappa shape index (κ1) is 120. The van der Waals surface area contributed by atoms with Crippen molar-refractivity contribution in [1.82, 2.24) is 24.6 Å². The Hall–Kier alpha value is 0.740. The van der Waals surface area contributed by atoms with Crippen LogP contribution in [0.25, 0.3) is 0 Å². The lowest BCUT2D eigenvalue weighted by Crippen LogP contribution is -2.33. The average Bonchev–Trinajstić information content (AvgIpc) is 1.71. The molecule has 0 N–H and O–H groups in total. The lowest BCUT2D eigenvalue weighted by atomic mass is 9.91. The fourth-order valence-electron chi connectivity index (χ4n) is 19.0. The van der Waals surface area contributed by atoms with Gasteiger partial charge in [0.25, 0.3) is 0 Å². The zero-order chi connectivity index (χ0) is 87.4. The van der Waals surface area contributed by atoms with Gasteiger partial charge in [-0.15, -0.1) is 0 Å².